The van der Waals surface area contributed by atoms with Gasteiger partial charge in [0.05, 0.1) is 17.5 Å². The van der Waals surface area contributed by atoms with Gasteiger partial charge in [-0.2, -0.15) is 0 Å². The number of hydrogen-bond acceptors (Lipinski definition) is 3. The van der Waals surface area contributed by atoms with Crippen LogP contribution in [0.15, 0.2) is 18.2 Å². The highest BCUT2D eigenvalue weighted by molar-refractivity contribution is 5.68. The number of aliphatic hydroxyl groups is 1. The van der Waals surface area contributed by atoms with E-state index in [2.05, 4.69) is 11.0 Å². The van der Waals surface area contributed by atoms with Crippen LogP contribution in [0.4, 0.5) is 11.4 Å². The van der Waals surface area contributed by atoms with E-state index < -0.39 is 0 Å². The molecule has 0 aromatic heterocycles. The van der Waals surface area contributed by atoms with Gasteiger partial charge in [-0.1, -0.05) is 6.07 Å². The summed E-state index contributed by atoms with van der Waals surface area (Å²) in [6.07, 6.45) is 0.489. The van der Waals surface area contributed by atoms with Gasteiger partial charge in [0.1, 0.15) is 0 Å². The zero-order valence-corrected chi connectivity index (χ0v) is 9.70. The minimum atomic E-state index is -0.265. The summed E-state index contributed by atoms with van der Waals surface area (Å²) in [5.74, 6) is 0. The molecule has 0 saturated carbocycles. The average Bonchev–Trinajstić information content (AvgIpc) is 2.18. The second-order valence-corrected chi connectivity index (χ2v) is 4.12. The molecule has 0 fully saturated rings. The molecule has 1 aromatic carbocycles. The highest BCUT2D eigenvalue weighted by Gasteiger charge is 2.06. The molecule has 0 heterocycles. The summed E-state index contributed by atoms with van der Waals surface area (Å²) in [5, 5.41) is 9.21. The van der Waals surface area contributed by atoms with Crippen molar-refractivity contribution in [2.45, 2.75) is 26.4 Å². The van der Waals surface area contributed by atoms with Gasteiger partial charge in [-0.3, -0.25) is 0 Å². The average molecular weight is 208 g/mol. The number of aliphatic hydroxyl groups excluding tert-OH is 1. The Labute approximate surface area is 91.5 Å². The van der Waals surface area contributed by atoms with Crippen LogP contribution in [0.3, 0.4) is 0 Å². The van der Waals surface area contributed by atoms with Crippen LogP contribution in [0.2, 0.25) is 0 Å². The summed E-state index contributed by atoms with van der Waals surface area (Å²) in [7, 11) is 1.99. The third-order valence-electron chi connectivity index (χ3n) is 2.48. The van der Waals surface area contributed by atoms with Gasteiger partial charge in [0, 0.05) is 13.6 Å². The van der Waals surface area contributed by atoms with Crippen molar-refractivity contribution in [1.29, 1.82) is 0 Å². The first-order valence-electron chi connectivity index (χ1n) is 5.26. The minimum Gasteiger partial charge on any atom is -0.397 e. The molecule has 0 aliphatic carbocycles. The molecule has 1 unspecified atom stereocenters. The first-order valence-corrected chi connectivity index (χ1v) is 5.26. The van der Waals surface area contributed by atoms with Crippen molar-refractivity contribution in [2.24, 2.45) is 0 Å². The van der Waals surface area contributed by atoms with E-state index in [1.165, 1.54) is 5.56 Å². The standard InChI is InChI=1S/C12H20N2O/c1-9-4-5-11(13)12(8-9)14(3)7-6-10(2)15/h4-5,8,10,15H,6-7,13H2,1-3H3. The van der Waals surface area contributed by atoms with E-state index >= 15 is 0 Å². The maximum absolute atomic E-state index is 9.21. The number of nitrogen functional groups attached to an aromatic ring is 1. The maximum Gasteiger partial charge on any atom is 0.0599 e. The number of aryl methyl sites for hydroxylation is 1. The van der Waals surface area contributed by atoms with Crippen molar-refractivity contribution >= 4 is 11.4 Å². The van der Waals surface area contributed by atoms with Gasteiger partial charge in [0.25, 0.3) is 0 Å². The Balaban J connectivity index is 2.72. The van der Waals surface area contributed by atoms with E-state index in [0.29, 0.717) is 0 Å². The maximum atomic E-state index is 9.21. The van der Waals surface area contributed by atoms with E-state index in [1.54, 1.807) is 6.92 Å². The predicted octanol–water partition coefficient (Wildman–Crippen LogP) is 1.78. The zero-order valence-electron chi connectivity index (χ0n) is 9.70. The zero-order chi connectivity index (χ0) is 11.4. The number of anilines is 2. The van der Waals surface area contributed by atoms with E-state index in [-0.39, 0.29) is 6.10 Å². The third kappa shape index (κ3) is 3.44. The summed E-state index contributed by atoms with van der Waals surface area (Å²) < 4.78 is 0. The molecule has 15 heavy (non-hydrogen) atoms. The highest BCUT2D eigenvalue weighted by atomic mass is 16.3. The van der Waals surface area contributed by atoms with Crippen LogP contribution in [-0.4, -0.2) is 24.8 Å². The summed E-state index contributed by atoms with van der Waals surface area (Å²) in [4.78, 5) is 2.08. The fourth-order valence-electron chi connectivity index (χ4n) is 1.49. The van der Waals surface area contributed by atoms with Crippen molar-refractivity contribution in [2.75, 3.05) is 24.2 Å². The van der Waals surface area contributed by atoms with E-state index in [4.69, 9.17) is 5.73 Å². The van der Waals surface area contributed by atoms with Crippen molar-refractivity contribution in [3.05, 3.63) is 23.8 Å². The van der Waals surface area contributed by atoms with Crippen LogP contribution >= 0.6 is 0 Å². The van der Waals surface area contributed by atoms with E-state index in [9.17, 15) is 5.11 Å². The molecule has 0 spiro atoms. The Morgan fingerprint density at radius 3 is 2.73 bits per heavy atom. The van der Waals surface area contributed by atoms with Gasteiger partial charge < -0.3 is 15.7 Å². The molecule has 0 aliphatic rings. The van der Waals surface area contributed by atoms with Crippen molar-refractivity contribution in [1.82, 2.24) is 0 Å². The van der Waals surface area contributed by atoms with Gasteiger partial charge in [0.2, 0.25) is 0 Å². The van der Waals surface area contributed by atoms with Crippen LogP contribution in [0.25, 0.3) is 0 Å². The van der Waals surface area contributed by atoms with Gasteiger partial charge in [-0.25, -0.2) is 0 Å². The first kappa shape index (κ1) is 11.9. The number of benzene rings is 1. The molecular weight excluding hydrogens is 188 g/mol. The van der Waals surface area contributed by atoms with Gasteiger partial charge in [0.15, 0.2) is 0 Å². The SMILES string of the molecule is Cc1ccc(N)c(N(C)CCC(C)O)c1. The van der Waals surface area contributed by atoms with Crippen LogP contribution in [-0.2, 0) is 0 Å². The molecule has 1 aromatic rings. The largest absolute Gasteiger partial charge is 0.397 e. The molecule has 1 atom stereocenters. The fraction of sp³-hybridized carbons (Fsp3) is 0.500. The lowest BCUT2D eigenvalue weighted by molar-refractivity contribution is 0.187. The molecule has 0 saturated heterocycles. The lowest BCUT2D eigenvalue weighted by Crippen LogP contribution is -2.22. The fourth-order valence-corrected chi connectivity index (χ4v) is 1.49. The van der Waals surface area contributed by atoms with Crippen molar-refractivity contribution < 1.29 is 5.11 Å². The Bertz CT molecular complexity index is 323. The summed E-state index contributed by atoms with van der Waals surface area (Å²) in [5.41, 5.74) is 8.91. The van der Waals surface area contributed by atoms with Crippen molar-refractivity contribution in [3.8, 4) is 0 Å². The smallest absolute Gasteiger partial charge is 0.0599 e. The Hall–Kier alpha value is -1.22. The molecule has 0 bridgehead atoms. The van der Waals surface area contributed by atoms with Crippen LogP contribution in [0.5, 0.6) is 0 Å². The topological polar surface area (TPSA) is 49.5 Å². The molecule has 84 valence electrons. The number of nitrogens with zero attached hydrogens (tertiary/aromatic N) is 1. The molecule has 3 nitrogen and oxygen atoms in total. The summed E-state index contributed by atoms with van der Waals surface area (Å²) >= 11 is 0. The minimum absolute atomic E-state index is 0.265. The molecule has 1 rings (SSSR count). The van der Waals surface area contributed by atoms with Gasteiger partial charge in [-0.05, 0) is 38.0 Å². The second kappa shape index (κ2) is 5.03. The highest BCUT2D eigenvalue weighted by Crippen LogP contribution is 2.23. The van der Waals surface area contributed by atoms with Gasteiger partial charge >= 0.3 is 0 Å². The molecule has 3 heteroatoms. The lowest BCUT2D eigenvalue weighted by atomic mass is 10.1. The molecule has 0 aliphatic heterocycles. The molecule has 0 amide bonds. The quantitative estimate of drug-likeness (QED) is 0.742. The number of nitrogens with two attached hydrogens (primary N) is 1. The molecule has 0 radical (unpaired) electrons. The molecular formula is C12H20N2O. The summed E-state index contributed by atoms with van der Waals surface area (Å²) in [6, 6.07) is 5.99. The van der Waals surface area contributed by atoms with E-state index in [1.807, 2.05) is 26.1 Å². The van der Waals surface area contributed by atoms with Crippen LogP contribution in [0.1, 0.15) is 18.9 Å². The third-order valence-corrected chi connectivity index (χ3v) is 2.48. The van der Waals surface area contributed by atoms with Crippen molar-refractivity contribution in [3.63, 3.8) is 0 Å². The summed E-state index contributed by atoms with van der Waals surface area (Å²) in [6.45, 7) is 4.66. The Morgan fingerprint density at radius 1 is 1.47 bits per heavy atom. The van der Waals surface area contributed by atoms with E-state index in [0.717, 1.165) is 24.3 Å². The predicted molar refractivity (Wildman–Crippen MR) is 65.2 cm³/mol. The van der Waals surface area contributed by atoms with Crippen LogP contribution < -0.4 is 10.6 Å². The molecule has 3 N–H and O–H groups in total. The first-order chi connectivity index (χ1) is 7.00. The second-order valence-electron chi connectivity index (χ2n) is 4.12. The normalized spacial score (nSPS) is 12.5. The number of hydrogen-bond donors (Lipinski definition) is 2. The van der Waals surface area contributed by atoms with Crippen LogP contribution in [0, 0.1) is 6.92 Å². The lowest BCUT2D eigenvalue weighted by Gasteiger charge is -2.22. The number of rotatable bonds is 4. The van der Waals surface area contributed by atoms with Gasteiger partial charge in [-0.15, -0.1) is 0 Å². The Morgan fingerprint density at radius 2 is 2.13 bits per heavy atom. The Kier molecular flexibility index (Phi) is 3.97. The monoisotopic (exact) mass is 208 g/mol.